The Morgan fingerprint density at radius 1 is 1.47 bits per heavy atom. The van der Waals surface area contributed by atoms with Crippen LogP contribution < -0.4 is 5.32 Å². The Morgan fingerprint density at radius 3 is 2.33 bits per heavy atom. The van der Waals surface area contributed by atoms with E-state index < -0.39 is 17.1 Å². The normalized spacial score (nSPS) is 24.3. The molecule has 0 heterocycles. The number of hydrogen-bond donors (Lipinski definition) is 1. The van der Waals surface area contributed by atoms with Crippen molar-refractivity contribution in [3.63, 3.8) is 0 Å². The molecule has 15 heavy (non-hydrogen) atoms. The second-order valence-electron chi connectivity index (χ2n) is 5.55. The largest absolute Gasteiger partial charge is 0.444 e. The Kier molecular flexibility index (Phi) is 2.81. The number of carbonyl (C=O) groups is 2. The molecule has 1 saturated carbocycles. The minimum Gasteiger partial charge on any atom is -0.444 e. The van der Waals surface area contributed by atoms with E-state index in [4.69, 9.17) is 4.74 Å². The van der Waals surface area contributed by atoms with Crippen molar-refractivity contribution in [2.75, 3.05) is 0 Å². The number of amides is 1. The maximum atomic E-state index is 11.4. The fourth-order valence-corrected chi connectivity index (χ4v) is 1.45. The van der Waals surface area contributed by atoms with E-state index >= 15 is 0 Å². The molecular formula is C11H19NO3. The topological polar surface area (TPSA) is 55.4 Å². The van der Waals surface area contributed by atoms with Gasteiger partial charge in [-0.15, -0.1) is 0 Å². The highest BCUT2D eigenvalue weighted by molar-refractivity contribution is 5.93. The summed E-state index contributed by atoms with van der Waals surface area (Å²) >= 11 is 0. The second-order valence-corrected chi connectivity index (χ2v) is 5.55. The van der Waals surface area contributed by atoms with E-state index in [0.717, 1.165) is 0 Å². The molecular weight excluding hydrogens is 194 g/mol. The first-order valence-electron chi connectivity index (χ1n) is 5.16. The summed E-state index contributed by atoms with van der Waals surface area (Å²) in [6, 6.07) is -0.0974. The van der Waals surface area contributed by atoms with Crippen molar-refractivity contribution in [1.82, 2.24) is 5.32 Å². The first-order valence-corrected chi connectivity index (χ1v) is 5.16. The zero-order valence-corrected chi connectivity index (χ0v) is 10.0. The van der Waals surface area contributed by atoms with E-state index in [1.807, 2.05) is 34.6 Å². The molecule has 0 spiro atoms. The van der Waals surface area contributed by atoms with Gasteiger partial charge >= 0.3 is 6.09 Å². The summed E-state index contributed by atoms with van der Waals surface area (Å²) < 4.78 is 5.11. The molecule has 1 aliphatic rings. The van der Waals surface area contributed by atoms with E-state index in [0.29, 0.717) is 6.42 Å². The number of hydrogen-bond acceptors (Lipinski definition) is 3. The summed E-state index contributed by atoms with van der Waals surface area (Å²) in [5.41, 5.74) is -0.946. The van der Waals surface area contributed by atoms with Crippen LogP contribution in [0.1, 0.15) is 41.0 Å². The molecule has 1 fully saturated rings. The molecule has 0 radical (unpaired) electrons. The van der Waals surface area contributed by atoms with Crippen LogP contribution in [0, 0.1) is 5.41 Å². The van der Waals surface area contributed by atoms with Crippen molar-refractivity contribution in [2.45, 2.75) is 52.7 Å². The van der Waals surface area contributed by atoms with E-state index in [1.54, 1.807) is 0 Å². The Labute approximate surface area is 90.4 Å². The van der Waals surface area contributed by atoms with Gasteiger partial charge in [0.05, 0.1) is 6.04 Å². The summed E-state index contributed by atoms with van der Waals surface area (Å²) in [5, 5.41) is 2.71. The number of nitrogens with one attached hydrogen (secondary N) is 1. The van der Waals surface area contributed by atoms with E-state index in [9.17, 15) is 9.59 Å². The number of alkyl carbamates (subject to hydrolysis) is 1. The quantitative estimate of drug-likeness (QED) is 0.723. The van der Waals surface area contributed by atoms with E-state index in [-0.39, 0.29) is 11.8 Å². The Balaban J connectivity index is 2.45. The lowest BCUT2D eigenvalue weighted by Gasteiger charge is -2.42. The maximum Gasteiger partial charge on any atom is 0.407 e. The Bertz CT molecular complexity index is 289. The standard InChI is InChI=1S/C11H19NO3/c1-10(2,3)15-9(14)12-7-6-8(13)11(7,4)5/h7H,6H2,1-5H3,(H,12,14)/t7-/m0/s1. The lowest BCUT2D eigenvalue weighted by atomic mass is 9.66. The number of carbonyl (C=O) groups excluding carboxylic acids is 2. The van der Waals surface area contributed by atoms with Crippen LogP contribution in [0.25, 0.3) is 0 Å². The van der Waals surface area contributed by atoms with Crippen molar-refractivity contribution >= 4 is 11.9 Å². The van der Waals surface area contributed by atoms with Crippen LogP contribution in [0.3, 0.4) is 0 Å². The van der Waals surface area contributed by atoms with E-state index in [1.165, 1.54) is 0 Å². The molecule has 0 unspecified atom stereocenters. The van der Waals surface area contributed by atoms with Crippen molar-refractivity contribution in [2.24, 2.45) is 5.41 Å². The molecule has 1 rings (SSSR count). The minimum absolute atomic E-state index is 0.0974. The summed E-state index contributed by atoms with van der Waals surface area (Å²) in [6.07, 6.45) is -0.0419. The number of rotatable bonds is 1. The van der Waals surface area contributed by atoms with Crippen molar-refractivity contribution < 1.29 is 14.3 Å². The van der Waals surface area contributed by atoms with Crippen molar-refractivity contribution in [1.29, 1.82) is 0 Å². The van der Waals surface area contributed by atoms with Gasteiger partial charge in [-0.25, -0.2) is 4.79 Å². The fraction of sp³-hybridized carbons (Fsp3) is 0.818. The molecule has 1 amide bonds. The predicted octanol–water partition coefficient (Wildman–Crippen LogP) is 1.88. The van der Waals surface area contributed by atoms with Crippen LogP contribution in [0.15, 0.2) is 0 Å². The third-order valence-corrected chi connectivity index (χ3v) is 2.67. The highest BCUT2D eigenvalue weighted by Crippen LogP contribution is 2.36. The molecule has 0 aliphatic heterocycles. The zero-order valence-electron chi connectivity index (χ0n) is 10.0. The molecule has 0 aromatic heterocycles. The van der Waals surface area contributed by atoms with Gasteiger partial charge in [0.25, 0.3) is 0 Å². The smallest absolute Gasteiger partial charge is 0.407 e. The van der Waals surface area contributed by atoms with Crippen LogP contribution >= 0.6 is 0 Å². The molecule has 0 aromatic carbocycles. The van der Waals surface area contributed by atoms with Gasteiger partial charge in [-0.05, 0) is 20.8 Å². The molecule has 0 aromatic rings. The summed E-state index contributed by atoms with van der Waals surface area (Å²) in [5.74, 6) is 0.184. The van der Waals surface area contributed by atoms with Crippen LogP contribution in [0.4, 0.5) is 4.79 Å². The molecule has 0 saturated heterocycles. The van der Waals surface area contributed by atoms with Gasteiger partial charge in [-0.3, -0.25) is 4.79 Å². The van der Waals surface area contributed by atoms with Crippen LogP contribution in [0.2, 0.25) is 0 Å². The van der Waals surface area contributed by atoms with Gasteiger partial charge in [-0.1, -0.05) is 13.8 Å². The van der Waals surface area contributed by atoms with Gasteiger partial charge in [0.1, 0.15) is 11.4 Å². The Morgan fingerprint density at radius 2 is 2.00 bits per heavy atom. The van der Waals surface area contributed by atoms with Crippen molar-refractivity contribution in [3.05, 3.63) is 0 Å². The SMILES string of the molecule is CC(C)(C)OC(=O)N[C@H]1CC(=O)C1(C)C. The van der Waals surface area contributed by atoms with Crippen molar-refractivity contribution in [3.8, 4) is 0 Å². The number of Topliss-reactive ketones (excluding diaryl/α,β-unsaturated/α-hetero) is 1. The van der Waals surface area contributed by atoms with E-state index in [2.05, 4.69) is 5.32 Å². The van der Waals surface area contributed by atoms with Crippen LogP contribution in [0.5, 0.6) is 0 Å². The second kappa shape index (κ2) is 3.51. The lowest BCUT2D eigenvalue weighted by molar-refractivity contribution is -0.138. The monoisotopic (exact) mass is 213 g/mol. The summed E-state index contributed by atoms with van der Waals surface area (Å²) in [7, 11) is 0. The average Bonchev–Trinajstić information content (AvgIpc) is 2.00. The average molecular weight is 213 g/mol. The van der Waals surface area contributed by atoms with Gasteiger partial charge in [0, 0.05) is 11.8 Å². The van der Waals surface area contributed by atoms with Gasteiger partial charge in [0.15, 0.2) is 0 Å². The van der Waals surface area contributed by atoms with Gasteiger partial charge in [0.2, 0.25) is 0 Å². The highest BCUT2D eigenvalue weighted by atomic mass is 16.6. The molecule has 4 heteroatoms. The van der Waals surface area contributed by atoms with Gasteiger partial charge < -0.3 is 10.1 Å². The third kappa shape index (κ3) is 2.70. The maximum absolute atomic E-state index is 11.4. The van der Waals surface area contributed by atoms with Crippen LogP contribution in [-0.4, -0.2) is 23.5 Å². The predicted molar refractivity (Wildman–Crippen MR) is 56.6 cm³/mol. The third-order valence-electron chi connectivity index (χ3n) is 2.67. The zero-order chi connectivity index (χ0) is 11.9. The summed E-state index contributed by atoms with van der Waals surface area (Å²) in [6.45, 7) is 9.10. The van der Waals surface area contributed by atoms with Crippen LogP contribution in [-0.2, 0) is 9.53 Å². The van der Waals surface area contributed by atoms with Gasteiger partial charge in [-0.2, -0.15) is 0 Å². The molecule has 1 aliphatic carbocycles. The molecule has 4 nitrogen and oxygen atoms in total. The number of ether oxygens (including phenoxy) is 1. The summed E-state index contributed by atoms with van der Waals surface area (Å²) in [4.78, 5) is 22.6. The molecule has 1 atom stereocenters. The molecule has 1 N–H and O–H groups in total. The number of ketones is 1. The first kappa shape index (κ1) is 12.0. The first-order chi connectivity index (χ1) is 6.63. The highest BCUT2D eigenvalue weighted by Gasteiger charge is 2.48. The lowest BCUT2D eigenvalue weighted by Crippen LogP contribution is -2.59. The molecule has 0 bridgehead atoms. The minimum atomic E-state index is -0.498. The fourth-order valence-electron chi connectivity index (χ4n) is 1.45. The Hall–Kier alpha value is -1.06. The molecule has 86 valence electrons.